The third-order valence-electron chi connectivity index (χ3n) is 4.13. The van der Waals surface area contributed by atoms with E-state index in [4.69, 9.17) is 0 Å². The highest BCUT2D eigenvalue weighted by atomic mass is 19.4. The van der Waals surface area contributed by atoms with Crippen molar-refractivity contribution in [1.82, 2.24) is 4.90 Å². The lowest BCUT2D eigenvalue weighted by molar-refractivity contribution is -0.274. The predicted octanol–water partition coefficient (Wildman–Crippen LogP) is 3.61. The maximum absolute atomic E-state index is 12.2. The van der Waals surface area contributed by atoms with Gasteiger partial charge in [-0.25, -0.2) is 0 Å². The minimum Gasteiger partial charge on any atom is -0.508 e. The lowest BCUT2D eigenvalue weighted by atomic mass is 10.2. The molecular weight excluding hydrogens is 333 g/mol. The first-order chi connectivity index (χ1) is 11.9. The molecule has 1 aliphatic rings. The SMILES string of the molecule is Oc1cccc(N2CCN(Cc3ccc(OC(F)(F)F)cc3)CC2)c1. The Morgan fingerprint density at radius 2 is 1.64 bits per heavy atom. The van der Waals surface area contributed by atoms with Gasteiger partial charge in [-0.2, -0.15) is 0 Å². The molecule has 0 unspecified atom stereocenters. The van der Waals surface area contributed by atoms with Crippen molar-refractivity contribution < 1.29 is 23.0 Å². The first-order valence-electron chi connectivity index (χ1n) is 8.00. The standard InChI is InChI=1S/C18H19F3N2O2/c19-18(20,21)25-17-6-4-14(5-7-17)13-22-8-10-23(11-9-22)15-2-1-3-16(24)12-15/h1-7,12,24H,8-11,13H2. The maximum Gasteiger partial charge on any atom is 0.573 e. The van der Waals surface area contributed by atoms with Crippen LogP contribution in [0.25, 0.3) is 0 Å². The van der Waals surface area contributed by atoms with Gasteiger partial charge < -0.3 is 14.7 Å². The molecule has 0 spiro atoms. The zero-order valence-corrected chi connectivity index (χ0v) is 13.5. The Kier molecular flexibility index (Phi) is 5.03. The molecule has 25 heavy (non-hydrogen) atoms. The van der Waals surface area contributed by atoms with Crippen molar-refractivity contribution in [3.05, 3.63) is 54.1 Å². The molecule has 0 aliphatic carbocycles. The highest BCUT2D eigenvalue weighted by molar-refractivity contribution is 5.50. The third kappa shape index (κ3) is 5.03. The predicted molar refractivity (Wildman–Crippen MR) is 88.7 cm³/mol. The van der Waals surface area contributed by atoms with Gasteiger partial charge in [0.1, 0.15) is 11.5 Å². The van der Waals surface area contributed by atoms with Gasteiger partial charge in [0.2, 0.25) is 0 Å². The topological polar surface area (TPSA) is 35.9 Å². The van der Waals surface area contributed by atoms with E-state index < -0.39 is 6.36 Å². The van der Waals surface area contributed by atoms with Crippen LogP contribution in [0.2, 0.25) is 0 Å². The van der Waals surface area contributed by atoms with Crippen molar-refractivity contribution >= 4 is 5.69 Å². The molecule has 1 saturated heterocycles. The van der Waals surface area contributed by atoms with E-state index in [0.29, 0.717) is 6.54 Å². The first kappa shape index (κ1) is 17.4. The molecule has 0 saturated carbocycles. The van der Waals surface area contributed by atoms with Crippen molar-refractivity contribution in [3.63, 3.8) is 0 Å². The molecule has 4 nitrogen and oxygen atoms in total. The normalized spacial score (nSPS) is 16.0. The minimum absolute atomic E-state index is 0.204. The monoisotopic (exact) mass is 352 g/mol. The fourth-order valence-electron chi connectivity index (χ4n) is 2.91. The van der Waals surface area contributed by atoms with Crippen molar-refractivity contribution in [2.24, 2.45) is 0 Å². The largest absolute Gasteiger partial charge is 0.573 e. The number of alkyl halides is 3. The summed E-state index contributed by atoms with van der Waals surface area (Å²) in [7, 11) is 0. The fourth-order valence-corrected chi connectivity index (χ4v) is 2.91. The van der Waals surface area contributed by atoms with Gasteiger partial charge in [-0.15, -0.1) is 13.2 Å². The number of phenols is 1. The number of nitrogens with zero attached hydrogens (tertiary/aromatic N) is 2. The second-order valence-electron chi connectivity index (χ2n) is 5.97. The Morgan fingerprint density at radius 1 is 0.960 bits per heavy atom. The molecule has 2 aromatic carbocycles. The lowest BCUT2D eigenvalue weighted by Gasteiger charge is -2.36. The summed E-state index contributed by atoms with van der Waals surface area (Å²) >= 11 is 0. The van der Waals surface area contributed by atoms with Crippen LogP contribution >= 0.6 is 0 Å². The number of rotatable bonds is 4. The number of ether oxygens (including phenoxy) is 1. The van der Waals surface area contributed by atoms with E-state index in [2.05, 4.69) is 14.5 Å². The maximum atomic E-state index is 12.2. The Morgan fingerprint density at radius 3 is 2.24 bits per heavy atom. The molecule has 1 fully saturated rings. The van der Waals surface area contributed by atoms with Crippen LogP contribution in [0.4, 0.5) is 18.9 Å². The van der Waals surface area contributed by atoms with E-state index >= 15 is 0 Å². The average molecular weight is 352 g/mol. The quantitative estimate of drug-likeness (QED) is 0.912. The average Bonchev–Trinajstić information content (AvgIpc) is 2.56. The van der Waals surface area contributed by atoms with Gasteiger partial charge >= 0.3 is 6.36 Å². The van der Waals surface area contributed by atoms with E-state index in [1.165, 1.54) is 12.1 Å². The number of aromatic hydroxyl groups is 1. The van der Waals surface area contributed by atoms with E-state index in [0.717, 1.165) is 37.4 Å². The molecule has 1 N–H and O–H groups in total. The number of hydrogen-bond donors (Lipinski definition) is 1. The summed E-state index contributed by atoms with van der Waals surface area (Å²) in [5.41, 5.74) is 1.94. The fraction of sp³-hybridized carbons (Fsp3) is 0.333. The van der Waals surface area contributed by atoms with E-state index in [1.807, 2.05) is 12.1 Å². The van der Waals surface area contributed by atoms with Crippen molar-refractivity contribution in [2.45, 2.75) is 12.9 Å². The van der Waals surface area contributed by atoms with Crippen LogP contribution in [0.15, 0.2) is 48.5 Å². The molecule has 3 rings (SSSR count). The number of halogens is 3. The second-order valence-corrected chi connectivity index (χ2v) is 5.97. The lowest BCUT2D eigenvalue weighted by Crippen LogP contribution is -2.45. The molecule has 1 heterocycles. The summed E-state index contributed by atoms with van der Waals surface area (Å²) in [6.07, 6.45) is -4.66. The summed E-state index contributed by atoms with van der Waals surface area (Å²) in [5, 5.41) is 9.57. The molecule has 134 valence electrons. The Labute approximate surface area is 144 Å². The van der Waals surface area contributed by atoms with Gasteiger partial charge in [0.25, 0.3) is 0 Å². The highest BCUT2D eigenvalue weighted by Crippen LogP contribution is 2.24. The van der Waals surface area contributed by atoms with Gasteiger partial charge in [-0.05, 0) is 29.8 Å². The summed E-state index contributed by atoms with van der Waals surface area (Å²) in [4.78, 5) is 4.45. The minimum atomic E-state index is -4.66. The van der Waals surface area contributed by atoms with Gasteiger partial charge in [-0.3, -0.25) is 4.90 Å². The van der Waals surface area contributed by atoms with Gasteiger partial charge in [0.05, 0.1) is 0 Å². The van der Waals surface area contributed by atoms with Gasteiger partial charge in [0.15, 0.2) is 0 Å². The van der Waals surface area contributed by atoms with Crippen LogP contribution in [-0.2, 0) is 6.54 Å². The van der Waals surface area contributed by atoms with Crippen LogP contribution in [0.3, 0.4) is 0 Å². The molecule has 1 aliphatic heterocycles. The number of hydrogen-bond acceptors (Lipinski definition) is 4. The Bertz CT molecular complexity index is 696. The van der Waals surface area contributed by atoms with Crippen molar-refractivity contribution in [1.29, 1.82) is 0 Å². The summed E-state index contributed by atoms with van der Waals surface area (Å²) in [5.74, 6) is 0.0473. The first-order valence-corrected chi connectivity index (χ1v) is 8.00. The van der Waals surface area contributed by atoms with Crippen LogP contribution in [0.1, 0.15) is 5.56 Å². The molecule has 7 heteroatoms. The number of phenolic OH excluding ortho intramolecular Hbond substituents is 1. The summed E-state index contributed by atoms with van der Waals surface area (Å²) in [6, 6.07) is 13.2. The number of anilines is 1. The van der Waals surface area contributed by atoms with Crippen LogP contribution in [0.5, 0.6) is 11.5 Å². The number of benzene rings is 2. The number of piperazine rings is 1. The summed E-state index contributed by atoms with van der Waals surface area (Å²) < 4.78 is 40.4. The Hall–Kier alpha value is -2.41. The molecule has 0 bridgehead atoms. The molecule has 0 radical (unpaired) electrons. The smallest absolute Gasteiger partial charge is 0.508 e. The molecule has 0 amide bonds. The van der Waals surface area contributed by atoms with Gasteiger partial charge in [0, 0.05) is 44.5 Å². The molecular formula is C18H19F3N2O2. The second kappa shape index (κ2) is 7.23. The zero-order chi connectivity index (χ0) is 17.9. The zero-order valence-electron chi connectivity index (χ0n) is 13.5. The van der Waals surface area contributed by atoms with E-state index in [1.54, 1.807) is 24.3 Å². The highest BCUT2D eigenvalue weighted by Gasteiger charge is 2.31. The summed E-state index contributed by atoms with van der Waals surface area (Å²) in [6.45, 7) is 4.03. The Balaban J connectivity index is 1.52. The van der Waals surface area contributed by atoms with Crippen LogP contribution < -0.4 is 9.64 Å². The third-order valence-corrected chi connectivity index (χ3v) is 4.13. The molecule has 0 aromatic heterocycles. The molecule has 0 atom stereocenters. The van der Waals surface area contributed by atoms with Crippen molar-refractivity contribution in [3.8, 4) is 11.5 Å². The van der Waals surface area contributed by atoms with Crippen molar-refractivity contribution in [2.75, 3.05) is 31.1 Å². The van der Waals surface area contributed by atoms with Crippen LogP contribution in [-0.4, -0.2) is 42.5 Å². The van der Waals surface area contributed by atoms with Crippen LogP contribution in [0, 0.1) is 0 Å². The molecule has 2 aromatic rings. The van der Waals surface area contributed by atoms with Gasteiger partial charge in [-0.1, -0.05) is 18.2 Å². The van der Waals surface area contributed by atoms with E-state index in [9.17, 15) is 18.3 Å². The van der Waals surface area contributed by atoms with E-state index in [-0.39, 0.29) is 11.5 Å².